The van der Waals surface area contributed by atoms with Gasteiger partial charge in [0.1, 0.15) is 0 Å². The molecule has 1 aliphatic rings. The second-order valence-corrected chi connectivity index (χ2v) is 5.99. The zero-order valence-electron chi connectivity index (χ0n) is 12.7. The van der Waals surface area contributed by atoms with Gasteiger partial charge in [0.25, 0.3) is 0 Å². The van der Waals surface area contributed by atoms with Crippen molar-refractivity contribution < 1.29 is 0 Å². The van der Waals surface area contributed by atoms with E-state index >= 15 is 0 Å². The molecule has 1 N–H and O–H groups in total. The normalized spacial score (nSPS) is 15.6. The number of nitrogens with one attached hydrogen (secondary N) is 1. The lowest BCUT2D eigenvalue weighted by Crippen LogP contribution is -2.16. The van der Waals surface area contributed by atoms with Crippen LogP contribution in [0.1, 0.15) is 49.4 Å². The zero-order chi connectivity index (χ0) is 14.3. The highest BCUT2D eigenvalue weighted by atomic mass is 15.3. The van der Waals surface area contributed by atoms with Crippen LogP contribution in [0.4, 0.5) is 0 Å². The van der Waals surface area contributed by atoms with Gasteiger partial charge in [-0.3, -0.25) is 4.68 Å². The summed E-state index contributed by atoms with van der Waals surface area (Å²) in [7, 11) is 0. The number of rotatable bonds is 7. The summed E-state index contributed by atoms with van der Waals surface area (Å²) in [5, 5.41) is 8.20. The summed E-state index contributed by atoms with van der Waals surface area (Å²) in [6.07, 6.45) is 9.78. The van der Waals surface area contributed by atoms with Gasteiger partial charge >= 0.3 is 0 Å². The first-order valence-corrected chi connectivity index (χ1v) is 8.20. The van der Waals surface area contributed by atoms with E-state index in [1.807, 2.05) is 0 Å². The van der Waals surface area contributed by atoms with Crippen LogP contribution in [0, 0.1) is 0 Å². The third kappa shape index (κ3) is 4.18. The van der Waals surface area contributed by atoms with Crippen LogP contribution in [0.5, 0.6) is 0 Å². The summed E-state index contributed by atoms with van der Waals surface area (Å²) in [5.74, 6) is 0. The highest BCUT2D eigenvalue weighted by Crippen LogP contribution is 2.28. The summed E-state index contributed by atoms with van der Waals surface area (Å²) in [4.78, 5) is 0. The lowest BCUT2D eigenvalue weighted by Gasteiger charge is -2.09. The van der Waals surface area contributed by atoms with Gasteiger partial charge in [-0.25, -0.2) is 0 Å². The predicted octanol–water partition coefficient (Wildman–Crippen LogP) is 3.72. The van der Waals surface area contributed by atoms with Crippen molar-refractivity contribution in [3.8, 4) is 0 Å². The molecule has 0 bridgehead atoms. The van der Waals surface area contributed by atoms with Crippen LogP contribution < -0.4 is 5.32 Å². The molecule has 1 aromatic heterocycles. The van der Waals surface area contributed by atoms with E-state index < -0.39 is 0 Å². The molecule has 0 saturated heterocycles. The number of benzene rings is 1. The molecular formula is C18H25N3. The van der Waals surface area contributed by atoms with Crippen LogP contribution in [-0.2, 0) is 13.0 Å². The van der Waals surface area contributed by atoms with Crippen molar-refractivity contribution in [3.63, 3.8) is 0 Å². The minimum atomic E-state index is 0.650. The van der Waals surface area contributed by atoms with Crippen LogP contribution in [0.2, 0.25) is 0 Å². The molecule has 0 atom stereocenters. The molecule has 0 unspecified atom stereocenters. The molecular weight excluding hydrogens is 258 g/mol. The standard InChI is InChI=1S/C18H25N3/c1-2-7-16(8-3-1)9-6-13-19-15-17-12-14-21(20-17)18-10-4-5-11-18/h1-3,7-8,12,14,18-19H,4-6,9-11,13,15H2. The van der Waals surface area contributed by atoms with Crippen molar-refractivity contribution in [2.24, 2.45) is 0 Å². The van der Waals surface area contributed by atoms with Gasteiger partial charge in [-0.05, 0) is 43.9 Å². The van der Waals surface area contributed by atoms with E-state index in [9.17, 15) is 0 Å². The highest BCUT2D eigenvalue weighted by molar-refractivity contribution is 5.14. The topological polar surface area (TPSA) is 29.9 Å². The Kier molecular flexibility index (Phi) is 5.06. The van der Waals surface area contributed by atoms with E-state index in [0.717, 1.165) is 19.5 Å². The fourth-order valence-corrected chi connectivity index (χ4v) is 3.12. The lowest BCUT2D eigenvalue weighted by atomic mass is 10.1. The molecule has 3 heteroatoms. The van der Waals surface area contributed by atoms with E-state index in [-0.39, 0.29) is 0 Å². The summed E-state index contributed by atoms with van der Waals surface area (Å²) in [6, 6.07) is 13.5. The summed E-state index contributed by atoms with van der Waals surface area (Å²) < 4.78 is 2.17. The van der Waals surface area contributed by atoms with E-state index in [4.69, 9.17) is 5.10 Å². The SMILES string of the molecule is c1ccc(CCCNCc2ccn(C3CCCC3)n2)cc1. The second-order valence-electron chi connectivity index (χ2n) is 5.99. The van der Waals surface area contributed by atoms with Crippen LogP contribution in [0.15, 0.2) is 42.6 Å². The average Bonchev–Trinajstić information content (AvgIpc) is 3.19. The summed E-state index contributed by atoms with van der Waals surface area (Å²) in [5.41, 5.74) is 2.59. The summed E-state index contributed by atoms with van der Waals surface area (Å²) >= 11 is 0. The quantitative estimate of drug-likeness (QED) is 0.785. The van der Waals surface area contributed by atoms with E-state index in [2.05, 4.69) is 52.6 Å². The maximum atomic E-state index is 4.70. The Morgan fingerprint density at radius 3 is 2.71 bits per heavy atom. The third-order valence-electron chi connectivity index (χ3n) is 4.33. The molecule has 1 fully saturated rings. The summed E-state index contributed by atoms with van der Waals surface area (Å²) in [6.45, 7) is 1.93. The number of aryl methyl sites for hydroxylation is 1. The van der Waals surface area contributed by atoms with Crippen LogP contribution in [0.3, 0.4) is 0 Å². The first-order valence-electron chi connectivity index (χ1n) is 8.20. The molecule has 1 aromatic carbocycles. The minimum Gasteiger partial charge on any atom is -0.311 e. The Bertz CT molecular complexity index is 526. The maximum Gasteiger partial charge on any atom is 0.0762 e. The molecule has 0 amide bonds. The fourth-order valence-electron chi connectivity index (χ4n) is 3.12. The van der Waals surface area contributed by atoms with Gasteiger partial charge in [-0.1, -0.05) is 43.2 Å². The van der Waals surface area contributed by atoms with Crippen LogP contribution >= 0.6 is 0 Å². The Morgan fingerprint density at radius 1 is 1.10 bits per heavy atom. The van der Waals surface area contributed by atoms with Crippen molar-refractivity contribution in [2.45, 2.75) is 51.1 Å². The third-order valence-corrected chi connectivity index (χ3v) is 4.33. The Labute approximate surface area is 127 Å². The van der Waals surface area contributed by atoms with Gasteiger partial charge in [0, 0.05) is 12.7 Å². The molecule has 2 aromatic rings. The van der Waals surface area contributed by atoms with Crippen molar-refractivity contribution in [2.75, 3.05) is 6.54 Å². The van der Waals surface area contributed by atoms with E-state index in [1.54, 1.807) is 0 Å². The van der Waals surface area contributed by atoms with Gasteiger partial charge in [0.2, 0.25) is 0 Å². The van der Waals surface area contributed by atoms with Crippen molar-refractivity contribution in [3.05, 3.63) is 53.9 Å². The molecule has 112 valence electrons. The number of aromatic nitrogens is 2. The number of hydrogen-bond acceptors (Lipinski definition) is 2. The highest BCUT2D eigenvalue weighted by Gasteiger charge is 2.17. The van der Waals surface area contributed by atoms with Gasteiger partial charge in [-0.2, -0.15) is 5.10 Å². The van der Waals surface area contributed by atoms with E-state index in [0.29, 0.717) is 6.04 Å². The smallest absolute Gasteiger partial charge is 0.0762 e. The van der Waals surface area contributed by atoms with Gasteiger partial charge in [0.15, 0.2) is 0 Å². The monoisotopic (exact) mass is 283 g/mol. The van der Waals surface area contributed by atoms with Gasteiger partial charge < -0.3 is 5.32 Å². The number of nitrogens with zero attached hydrogens (tertiary/aromatic N) is 2. The second kappa shape index (κ2) is 7.41. The van der Waals surface area contributed by atoms with Gasteiger partial charge in [0.05, 0.1) is 11.7 Å². The maximum absolute atomic E-state index is 4.70. The Morgan fingerprint density at radius 2 is 1.90 bits per heavy atom. The molecule has 1 saturated carbocycles. The molecule has 21 heavy (non-hydrogen) atoms. The first kappa shape index (κ1) is 14.3. The average molecular weight is 283 g/mol. The zero-order valence-corrected chi connectivity index (χ0v) is 12.7. The molecule has 1 aliphatic carbocycles. The molecule has 3 rings (SSSR count). The molecule has 0 aliphatic heterocycles. The Balaban J connectivity index is 1.35. The van der Waals surface area contributed by atoms with Crippen molar-refractivity contribution in [1.82, 2.24) is 15.1 Å². The van der Waals surface area contributed by atoms with Crippen molar-refractivity contribution >= 4 is 0 Å². The molecule has 3 nitrogen and oxygen atoms in total. The predicted molar refractivity (Wildman–Crippen MR) is 86.2 cm³/mol. The van der Waals surface area contributed by atoms with E-state index in [1.165, 1.54) is 43.4 Å². The largest absolute Gasteiger partial charge is 0.311 e. The minimum absolute atomic E-state index is 0.650. The van der Waals surface area contributed by atoms with Crippen LogP contribution in [-0.4, -0.2) is 16.3 Å². The van der Waals surface area contributed by atoms with Crippen LogP contribution in [0.25, 0.3) is 0 Å². The Hall–Kier alpha value is -1.61. The lowest BCUT2D eigenvalue weighted by molar-refractivity contribution is 0.460. The first-order chi connectivity index (χ1) is 10.4. The van der Waals surface area contributed by atoms with Gasteiger partial charge in [-0.15, -0.1) is 0 Å². The van der Waals surface area contributed by atoms with Crippen molar-refractivity contribution in [1.29, 1.82) is 0 Å². The molecule has 1 heterocycles. The fraction of sp³-hybridized carbons (Fsp3) is 0.500. The number of hydrogen-bond donors (Lipinski definition) is 1. The molecule has 0 radical (unpaired) electrons. The molecule has 0 spiro atoms.